The summed E-state index contributed by atoms with van der Waals surface area (Å²) in [4.78, 5) is 21.9. The summed E-state index contributed by atoms with van der Waals surface area (Å²) in [5.41, 5.74) is -0.203. The highest BCUT2D eigenvalue weighted by Gasteiger charge is 2.24. The zero-order valence-corrected chi connectivity index (χ0v) is 8.87. The molecule has 1 unspecified atom stereocenters. The molecule has 0 radical (unpaired) electrons. The number of aromatic carboxylic acids is 1. The first-order valence-electron chi connectivity index (χ1n) is 5.13. The van der Waals surface area contributed by atoms with Crippen LogP contribution in [0.4, 0.5) is 10.1 Å². The molecule has 0 saturated carbocycles. The number of carboxylic acids is 1. The monoisotopic (exact) mass is 238 g/mol. The number of hydrogen-bond acceptors (Lipinski definition) is 3. The third kappa shape index (κ3) is 2.35. The molecule has 1 aliphatic rings. The van der Waals surface area contributed by atoms with Crippen molar-refractivity contribution < 1.29 is 19.1 Å². The zero-order valence-electron chi connectivity index (χ0n) is 8.87. The summed E-state index contributed by atoms with van der Waals surface area (Å²) in [5, 5.41) is 14.3. The van der Waals surface area contributed by atoms with Crippen molar-refractivity contribution in [2.45, 2.75) is 12.5 Å². The van der Waals surface area contributed by atoms with Gasteiger partial charge in [-0.25, -0.2) is 9.18 Å². The SMILES string of the molecule is O=C1CC(Nc2c(F)cccc2C(=O)O)CN1. The van der Waals surface area contributed by atoms with E-state index in [-0.39, 0.29) is 29.6 Å². The molecule has 17 heavy (non-hydrogen) atoms. The number of para-hydroxylation sites is 1. The number of rotatable bonds is 3. The molecule has 0 bridgehead atoms. The summed E-state index contributed by atoms with van der Waals surface area (Å²) >= 11 is 0. The first kappa shape index (κ1) is 11.4. The maximum absolute atomic E-state index is 13.5. The van der Waals surface area contributed by atoms with E-state index < -0.39 is 11.8 Å². The van der Waals surface area contributed by atoms with Gasteiger partial charge in [-0.3, -0.25) is 4.79 Å². The minimum Gasteiger partial charge on any atom is -0.478 e. The maximum Gasteiger partial charge on any atom is 0.337 e. The fraction of sp³-hybridized carbons (Fsp3) is 0.273. The molecule has 2 rings (SSSR count). The number of halogens is 1. The van der Waals surface area contributed by atoms with Gasteiger partial charge in [0, 0.05) is 13.0 Å². The van der Waals surface area contributed by atoms with Crippen LogP contribution in [0.2, 0.25) is 0 Å². The summed E-state index contributed by atoms with van der Waals surface area (Å²) in [7, 11) is 0. The third-order valence-electron chi connectivity index (χ3n) is 2.57. The molecule has 1 saturated heterocycles. The summed E-state index contributed by atoms with van der Waals surface area (Å²) < 4.78 is 13.5. The lowest BCUT2D eigenvalue weighted by atomic mass is 10.1. The second-order valence-electron chi connectivity index (χ2n) is 3.82. The Morgan fingerprint density at radius 1 is 1.53 bits per heavy atom. The average Bonchev–Trinajstić information content (AvgIpc) is 2.67. The number of carbonyl (C=O) groups is 2. The van der Waals surface area contributed by atoms with Gasteiger partial charge in [0.25, 0.3) is 0 Å². The van der Waals surface area contributed by atoms with Crippen LogP contribution in [-0.4, -0.2) is 29.6 Å². The van der Waals surface area contributed by atoms with Gasteiger partial charge in [0.2, 0.25) is 5.91 Å². The van der Waals surface area contributed by atoms with Gasteiger partial charge in [0.1, 0.15) is 5.82 Å². The predicted molar refractivity (Wildman–Crippen MR) is 58.4 cm³/mol. The average molecular weight is 238 g/mol. The normalized spacial score (nSPS) is 18.9. The van der Waals surface area contributed by atoms with Gasteiger partial charge >= 0.3 is 5.97 Å². The summed E-state index contributed by atoms with van der Waals surface area (Å²) in [6.45, 7) is 0.367. The minimum atomic E-state index is -1.20. The lowest BCUT2D eigenvalue weighted by molar-refractivity contribution is -0.119. The third-order valence-corrected chi connectivity index (χ3v) is 2.57. The van der Waals surface area contributed by atoms with Gasteiger partial charge in [-0.2, -0.15) is 0 Å². The Kier molecular flexibility index (Phi) is 2.95. The molecular weight excluding hydrogens is 227 g/mol. The van der Waals surface area contributed by atoms with E-state index in [1.54, 1.807) is 0 Å². The van der Waals surface area contributed by atoms with Gasteiger partial charge in [-0.05, 0) is 12.1 Å². The molecule has 0 spiro atoms. The molecule has 6 heteroatoms. The van der Waals surface area contributed by atoms with Crippen LogP contribution in [0, 0.1) is 5.82 Å². The molecule has 1 amide bonds. The molecule has 90 valence electrons. The number of carbonyl (C=O) groups excluding carboxylic acids is 1. The lowest BCUT2D eigenvalue weighted by Gasteiger charge is -2.14. The zero-order chi connectivity index (χ0) is 12.4. The maximum atomic E-state index is 13.5. The van der Waals surface area contributed by atoms with Crippen molar-refractivity contribution in [3.8, 4) is 0 Å². The van der Waals surface area contributed by atoms with Gasteiger partial charge in [-0.1, -0.05) is 6.07 Å². The van der Waals surface area contributed by atoms with E-state index in [0.717, 1.165) is 0 Å². The van der Waals surface area contributed by atoms with E-state index in [0.29, 0.717) is 6.54 Å². The van der Waals surface area contributed by atoms with Crippen molar-refractivity contribution in [1.82, 2.24) is 5.32 Å². The number of carboxylic acid groups (broad SMARTS) is 1. The standard InChI is InChI=1S/C11H11FN2O3/c12-8-3-1-2-7(11(16)17)10(8)14-6-4-9(15)13-5-6/h1-3,6,14H,4-5H2,(H,13,15)(H,16,17). The Morgan fingerprint density at radius 3 is 2.88 bits per heavy atom. The van der Waals surface area contributed by atoms with Crippen LogP contribution in [0.15, 0.2) is 18.2 Å². The Balaban J connectivity index is 2.25. The van der Waals surface area contributed by atoms with Crippen molar-refractivity contribution in [3.05, 3.63) is 29.6 Å². The van der Waals surface area contributed by atoms with Crippen LogP contribution < -0.4 is 10.6 Å². The van der Waals surface area contributed by atoms with E-state index in [1.165, 1.54) is 18.2 Å². The summed E-state index contributed by atoms with van der Waals surface area (Å²) in [5.74, 6) is -1.97. The van der Waals surface area contributed by atoms with Crippen LogP contribution >= 0.6 is 0 Å². The second kappa shape index (κ2) is 4.40. The second-order valence-corrected chi connectivity index (χ2v) is 3.82. The Morgan fingerprint density at radius 2 is 2.29 bits per heavy atom. The van der Waals surface area contributed by atoms with E-state index in [1.807, 2.05) is 0 Å². The van der Waals surface area contributed by atoms with Gasteiger partial charge < -0.3 is 15.7 Å². The lowest BCUT2D eigenvalue weighted by Crippen LogP contribution is -2.24. The molecule has 0 aliphatic carbocycles. The number of amides is 1. The van der Waals surface area contributed by atoms with Crippen molar-refractivity contribution in [1.29, 1.82) is 0 Å². The number of hydrogen-bond donors (Lipinski definition) is 3. The first-order valence-corrected chi connectivity index (χ1v) is 5.13. The molecule has 1 atom stereocenters. The van der Waals surface area contributed by atoms with Crippen molar-refractivity contribution in [2.24, 2.45) is 0 Å². The molecule has 1 aromatic carbocycles. The fourth-order valence-electron chi connectivity index (χ4n) is 1.76. The van der Waals surface area contributed by atoms with E-state index in [2.05, 4.69) is 10.6 Å². The highest BCUT2D eigenvalue weighted by atomic mass is 19.1. The first-order chi connectivity index (χ1) is 8.08. The van der Waals surface area contributed by atoms with Gasteiger partial charge in [0.05, 0.1) is 17.3 Å². The largest absolute Gasteiger partial charge is 0.478 e. The Hall–Kier alpha value is -2.11. The quantitative estimate of drug-likeness (QED) is 0.728. The van der Waals surface area contributed by atoms with Crippen molar-refractivity contribution >= 4 is 17.6 Å². The van der Waals surface area contributed by atoms with E-state index in [9.17, 15) is 14.0 Å². The van der Waals surface area contributed by atoms with Crippen LogP contribution in [-0.2, 0) is 4.79 Å². The number of anilines is 1. The van der Waals surface area contributed by atoms with Crippen LogP contribution in [0.5, 0.6) is 0 Å². The van der Waals surface area contributed by atoms with Crippen molar-refractivity contribution in [2.75, 3.05) is 11.9 Å². The molecule has 1 fully saturated rings. The molecule has 3 N–H and O–H groups in total. The van der Waals surface area contributed by atoms with E-state index in [4.69, 9.17) is 5.11 Å². The molecule has 5 nitrogen and oxygen atoms in total. The molecule has 1 aromatic rings. The Bertz CT molecular complexity index is 476. The van der Waals surface area contributed by atoms with Gasteiger partial charge in [-0.15, -0.1) is 0 Å². The van der Waals surface area contributed by atoms with E-state index >= 15 is 0 Å². The summed E-state index contributed by atoms with van der Waals surface area (Å²) in [6, 6.07) is 3.55. The van der Waals surface area contributed by atoms with Crippen molar-refractivity contribution in [3.63, 3.8) is 0 Å². The smallest absolute Gasteiger partial charge is 0.337 e. The molecule has 0 aromatic heterocycles. The highest BCUT2D eigenvalue weighted by Crippen LogP contribution is 2.22. The summed E-state index contributed by atoms with van der Waals surface area (Å²) in [6.07, 6.45) is 0.216. The van der Waals surface area contributed by atoms with Crippen LogP contribution in [0.3, 0.4) is 0 Å². The number of benzene rings is 1. The molecule has 1 heterocycles. The molecule has 1 aliphatic heterocycles. The van der Waals surface area contributed by atoms with Gasteiger partial charge in [0.15, 0.2) is 0 Å². The Labute approximate surface area is 96.6 Å². The fourth-order valence-corrected chi connectivity index (χ4v) is 1.76. The topological polar surface area (TPSA) is 78.4 Å². The highest BCUT2D eigenvalue weighted by molar-refractivity contribution is 5.94. The minimum absolute atomic E-state index is 0.0681. The van der Waals surface area contributed by atoms with Crippen LogP contribution in [0.25, 0.3) is 0 Å². The molecular formula is C11H11FN2O3. The predicted octanol–water partition coefficient (Wildman–Crippen LogP) is 0.824. The number of nitrogens with one attached hydrogen (secondary N) is 2. The van der Waals surface area contributed by atoms with Crippen LogP contribution in [0.1, 0.15) is 16.8 Å².